The van der Waals surface area contributed by atoms with Crippen molar-refractivity contribution in [1.82, 2.24) is 9.13 Å². The number of benzene rings is 15. The van der Waals surface area contributed by atoms with Gasteiger partial charge in [0.05, 0.1) is 33.4 Å². The Labute approximate surface area is 695 Å². The minimum Gasteiger partial charge on any atom is -0.310 e. The first-order valence-corrected chi connectivity index (χ1v) is 43.3. The maximum Gasteiger partial charge on any atom is 0.252 e. The Morgan fingerprint density at radius 3 is 0.966 bits per heavy atom. The van der Waals surface area contributed by atoms with E-state index in [9.17, 15) is 0 Å². The number of fused-ring (bicyclic) bond motifs is 16. The molecule has 19 aromatic rings. The van der Waals surface area contributed by atoms with Crippen LogP contribution in [0.2, 0.25) is 0 Å². The van der Waals surface area contributed by atoms with Crippen LogP contribution in [-0.4, -0.2) is 15.8 Å². The van der Waals surface area contributed by atoms with Crippen LogP contribution in [0, 0.1) is 0 Å². The number of rotatable bonds is 8. The van der Waals surface area contributed by atoms with Gasteiger partial charge < -0.3 is 18.9 Å². The summed E-state index contributed by atoms with van der Waals surface area (Å²) >= 11 is 3.82. The van der Waals surface area contributed by atoms with Gasteiger partial charge in [-0.1, -0.05) is 322 Å². The molecule has 0 fully saturated rings. The monoisotopic (exact) mass is 1550 g/mol. The Morgan fingerprint density at radius 1 is 0.239 bits per heavy atom. The van der Waals surface area contributed by atoms with E-state index in [-0.39, 0.29) is 33.8 Å². The van der Waals surface area contributed by atoms with Gasteiger partial charge in [-0.25, -0.2) is 0 Å². The summed E-state index contributed by atoms with van der Waals surface area (Å²) in [5, 5.41) is 9.90. The Hall–Kier alpha value is -12.0. The van der Waals surface area contributed by atoms with Gasteiger partial charge in [0.15, 0.2) is 0 Å². The predicted octanol–water partition coefficient (Wildman–Crippen LogP) is 29.9. The summed E-state index contributed by atoms with van der Waals surface area (Å²) in [6.07, 6.45) is 0. The van der Waals surface area contributed by atoms with Gasteiger partial charge in [-0.05, 0) is 190 Å². The Morgan fingerprint density at radius 2 is 0.581 bits per heavy atom. The lowest BCUT2D eigenvalue weighted by molar-refractivity contribution is 0.568. The van der Waals surface area contributed by atoms with E-state index in [4.69, 9.17) is 0 Å². The Balaban J connectivity index is 0.951. The van der Waals surface area contributed by atoms with E-state index in [2.05, 4.69) is 426 Å². The Bertz CT molecular complexity index is 6860. The molecule has 0 saturated heterocycles. The smallest absolute Gasteiger partial charge is 0.252 e. The quantitative estimate of drug-likeness (QED) is 0.141. The van der Waals surface area contributed by atoms with Gasteiger partial charge >= 0.3 is 0 Å². The van der Waals surface area contributed by atoms with Crippen LogP contribution in [0.5, 0.6) is 0 Å². The number of nitrogens with zero attached hydrogens (tertiary/aromatic N) is 4. The molecule has 0 bridgehead atoms. The molecule has 570 valence electrons. The van der Waals surface area contributed by atoms with Gasteiger partial charge in [0.1, 0.15) is 0 Å². The minimum atomic E-state index is -0.361. The summed E-state index contributed by atoms with van der Waals surface area (Å²) < 4.78 is 10.2. The van der Waals surface area contributed by atoms with Crippen molar-refractivity contribution in [2.75, 3.05) is 9.80 Å². The van der Waals surface area contributed by atoms with Crippen LogP contribution in [-0.2, 0) is 27.1 Å². The van der Waals surface area contributed by atoms with Crippen LogP contribution in [0.1, 0.15) is 132 Å². The van der Waals surface area contributed by atoms with Crippen molar-refractivity contribution in [1.29, 1.82) is 0 Å². The highest BCUT2D eigenvalue weighted by molar-refractivity contribution is 7.26. The van der Waals surface area contributed by atoms with Gasteiger partial charge in [0, 0.05) is 107 Å². The van der Waals surface area contributed by atoms with Crippen LogP contribution in [0.3, 0.4) is 0 Å². The standard InChI is InChI=1S/C110H95BN4S2/c1-106(2,3)72-54-70(55-73(60-72)107(4,5)6)79-48-52-99-101(85-36-24-28-40-97(85)116-99)104(79)114-93-64-77(112-89-38-26-22-34-81(89)83-46-42-68(58-91(83)112)66-30-18-16-19-31-66)44-50-87(93)111-88-51-45-78(113-90-39-27-23-35-82(90)84-47-43-69(59-92(84)113)67-32-20-17-21-33-67)65-94(88)115(96-63-76(110(13,14)15)62-95(114)103(96)111)105-80(49-53-100-102(105)86-37-25-29-41-98(86)117-100)71-56-74(108(7,8)9)61-75(57-71)109(10,11)12/h16-65H,1-15H3. The molecule has 0 atom stereocenters. The van der Waals surface area contributed by atoms with Crippen LogP contribution in [0.4, 0.5) is 34.1 Å². The average molecular weight is 1550 g/mol. The van der Waals surface area contributed by atoms with Crippen molar-refractivity contribution in [3.05, 3.63) is 331 Å². The molecular weight excluding hydrogens is 1450 g/mol. The maximum absolute atomic E-state index is 2.81. The molecule has 7 heteroatoms. The van der Waals surface area contributed by atoms with Crippen molar-refractivity contribution in [2.45, 2.75) is 131 Å². The molecule has 0 amide bonds. The highest BCUT2D eigenvalue weighted by Gasteiger charge is 2.47. The maximum atomic E-state index is 2.81. The molecule has 0 spiro atoms. The molecule has 4 aromatic heterocycles. The van der Waals surface area contributed by atoms with E-state index in [1.807, 2.05) is 22.7 Å². The third-order valence-electron chi connectivity index (χ3n) is 25.4. The average Bonchev–Trinajstić information content (AvgIpc) is 1.39. The van der Waals surface area contributed by atoms with Gasteiger partial charge in [-0.15, -0.1) is 22.7 Å². The third-order valence-corrected chi connectivity index (χ3v) is 27.7. The molecule has 4 nitrogen and oxygen atoms in total. The fraction of sp³-hybridized carbons (Fsp3) is 0.182. The first-order chi connectivity index (χ1) is 56.2. The molecule has 21 rings (SSSR count). The number of anilines is 6. The second kappa shape index (κ2) is 26.3. The molecular formula is C110H95BN4S2. The van der Waals surface area contributed by atoms with Crippen LogP contribution < -0.4 is 26.2 Å². The summed E-state index contributed by atoms with van der Waals surface area (Å²) in [6.45, 7) is 35.6. The topological polar surface area (TPSA) is 16.3 Å². The van der Waals surface area contributed by atoms with Crippen molar-refractivity contribution < 1.29 is 0 Å². The molecule has 2 aliphatic heterocycles. The minimum absolute atomic E-state index is 0.154. The second-order valence-corrected chi connectivity index (χ2v) is 40.3. The van der Waals surface area contributed by atoms with Gasteiger partial charge in [-0.2, -0.15) is 0 Å². The first-order valence-electron chi connectivity index (χ1n) is 41.6. The number of hydrogen-bond acceptors (Lipinski definition) is 4. The molecule has 6 heterocycles. The zero-order chi connectivity index (χ0) is 80.3. The van der Waals surface area contributed by atoms with E-state index in [1.54, 1.807) is 0 Å². The summed E-state index contributed by atoms with van der Waals surface area (Å²) in [5.41, 5.74) is 32.8. The fourth-order valence-corrected chi connectivity index (χ4v) is 21.3. The highest BCUT2D eigenvalue weighted by Crippen LogP contribution is 2.57. The van der Waals surface area contributed by atoms with Crippen LogP contribution in [0.25, 0.3) is 140 Å². The fourth-order valence-electron chi connectivity index (χ4n) is 19.1. The van der Waals surface area contributed by atoms with E-state index in [0.29, 0.717) is 0 Å². The van der Waals surface area contributed by atoms with Gasteiger partial charge in [0.25, 0.3) is 6.71 Å². The van der Waals surface area contributed by atoms with Crippen LogP contribution in [0.15, 0.2) is 303 Å². The SMILES string of the molecule is CC(C)(C)c1cc(-c2ccc3sc4ccccc4c3c2N2c3cc(-n4c5ccccc5c5ccc(-c6ccccc6)cc54)ccc3B3c4ccc(-n5c6ccccc6c6ccc(-c7ccccc7)cc65)cc4N(c4c(-c5cc(C(C)(C)C)cc(C(C)(C)C)c5)ccc5sc6ccccc6c45)c4cc(C(C)(C)C)cc2c43)cc(C(C)(C)C)c1. The van der Waals surface area contributed by atoms with Gasteiger partial charge in [-0.3, -0.25) is 0 Å². The zero-order valence-electron chi connectivity index (χ0n) is 69.6. The number of para-hydroxylation sites is 2. The lowest BCUT2D eigenvalue weighted by Gasteiger charge is -2.46. The summed E-state index contributed by atoms with van der Waals surface area (Å²) in [5.74, 6) is 0. The van der Waals surface area contributed by atoms with Crippen molar-refractivity contribution >= 4 is 164 Å². The van der Waals surface area contributed by atoms with E-state index in [1.165, 1.54) is 195 Å². The lowest BCUT2D eigenvalue weighted by atomic mass is 9.33. The van der Waals surface area contributed by atoms with Crippen molar-refractivity contribution in [3.63, 3.8) is 0 Å². The third kappa shape index (κ3) is 11.7. The Kier molecular flexibility index (Phi) is 16.3. The van der Waals surface area contributed by atoms with Crippen molar-refractivity contribution in [3.8, 4) is 55.9 Å². The van der Waals surface area contributed by atoms with E-state index < -0.39 is 0 Å². The number of hydrogen-bond donors (Lipinski definition) is 0. The molecule has 0 saturated carbocycles. The molecule has 117 heavy (non-hydrogen) atoms. The molecule has 0 unspecified atom stereocenters. The van der Waals surface area contributed by atoms with Crippen LogP contribution >= 0.6 is 22.7 Å². The number of aromatic nitrogens is 2. The summed E-state index contributed by atoms with van der Waals surface area (Å²) in [7, 11) is 0. The van der Waals surface area contributed by atoms with E-state index >= 15 is 0 Å². The molecule has 0 N–H and O–H groups in total. The zero-order valence-corrected chi connectivity index (χ0v) is 71.2. The predicted molar refractivity (Wildman–Crippen MR) is 510 cm³/mol. The second-order valence-electron chi connectivity index (χ2n) is 38.1. The highest BCUT2D eigenvalue weighted by atomic mass is 32.1. The molecule has 0 radical (unpaired) electrons. The first kappa shape index (κ1) is 72.7. The molecule has 0 aliphatic carbocycles. The molecule has 2 aliphatic rings. The van der Waals surface area contributed by atoms with Gasteiger partial charge in [0.2, 0.25) is 0 Å². The largest absolute Gasteiger partial charge is 0.310 e. The summed E-state index contributed by atoms with van der Waals surface area (Å²) in [4.78, 5) is 5.63. The van der Waals surface area contributed by atoms with E-state index in [0.717, 1.165) is 22.7 Å². The normalized spacial score (nSPS) is 13.4. The molecule has 15 aromatic carbocycles. The summed E-state index contributed by atoms with van der Waals surface area (Å²) in [6, 6.07) is 118. The van der Waals surface area contributed by atoms with Crippen molar-refractivity contribution in [2.24, 2.45) is 0 Å². The number of thiophene rings is 2. The lowest BCUT2D eigenvalue weighted by Crippen LogP contribution is -2.61.